The SMILES string of the molecule is CCN(C)C(=O)Oc1cccc(C(C)N(C)CO)c1. The Morgan fingerprint density at radius 3 is 2.68 bits per heavy atom. The number of rotatable bonds is 5. The Balaban J connectivity index is 2.80. The van der Waals surface area contributed by atoms with Crippen molar-refractivity contribution in [2.75, 3.05) is 27.4 Å². The van der Waals surface area contributed by atoms with Gasteiger partial charge in [-0.25, -0.2) is 4.79 Å². The third kappa shape index (κ3) is 4.22. The van der Waals surface area contributed by atoms with Crippen LogP contribution in [0, 0.1) is 0 Å². The topological polar surface area (TPSA) is 53.0 Å². The van der Waals surface area contributed by atoms with Crippen molar-refractivity contribution in [3.05, 3.63) is 29.8 Å². The Morgan fingerprint density at radius 1 is 1.42 bits per heavy atom. The molecule has 5 heteroatoms. The fraction of sp³-hybridized carbons (Fsp3) is 0.500. The number of aliphatic hydroxyl groups is 1. The summed E-state index contributed by atoms with van der Waals surface area (Å²) < 4.78 is 5.28. The first-order chi connectivity index (χ1) is 8.99. The lowest BCUT2D eigenvalue weighted by molar-refractivity contribution is 0.0998. The molecule has 0 spiro atoms. The molecule has 1 rings (SSSR count). The molecule has 1 aromatic rings. The van der Waals surface area contributed by atoms with Crippen LogP contribution >= 0.6 is 0 Å². The maximum atomic E-state index is 11.7. The minimum atomic E-state index is -0.372. The van der Waals surface area contributed by atoms with Gasteiger partial charge in [-0.3, -0.25) is 4.90 Å². The monoisotopic (exact) mass is 266 g/mol. The zero-order valence-electron chi connectivity index (χ0n) is 12.0. The lowest BCUT2D eigenvalue weighted by Crippen LogP contribution is -2.29. The average molecular weight is 266 g/mol. The highest BCUT2D eigenvalue weighted by Crippen LogP contribution is 2.22. The van der Waals surface area contributed by atoms with Crippen molar-refractivity contribution in [3.63, 3.8) is 0 Å². The summed E-state index contributed by atoms with van der Waals surface area (Å²) in [7, 11) is 3.52. The van der Waals surface area contributed by atoms with Crippen molar-refractivity contribution in [1.29, 1.82) is 0 Å². The van der Waals surface area contributed by atoms with Gasteiger partial charge < -0.3 is 14.7 Å². The predicted octanol–water partition coefficient (Wildman–Crippen LogP) is 2.08. The highest BCUT2D eigenvalue weighted by atomic mass is 16.6. The number of nitrogens with zero attached hydrogens (tertiary/aromatic N) is 2. The number of hydrogen-bond donors (Lipinski definition) is 1. The lowest BCUT2D eigenvalue weighted by Gasteiger charge is -2.23. The molecule has 0 saturated carbocycles. The van der Waals surface area contributed by atoms with E-state index >= 15 is 0 Å². The van der Waals surface area contributed by atoms with Crippen LogP contribution in [0.1, 0.15) is 25.5 Å². The molecular formula is C14H22N2O3. The van der Waals surface area contributed by atoms with Gasteiger partial charge in [-0.1, -0.05) is 12.1 Å². The van der Waals surface area contributed by atoms with Crippen molar-refractivity contribution in [2.45, 2.75) is 19.9 Å². The van der Waals surface area contributed by atoms with Crippen LogP contribution in [-0.4, -0.2) is 48.4 Å². The summed E-state index contributed by atoms with van der Waals surface area (Å²) in [6, 6.07) is 7.39. The Hall–Kier alpha value is -1.59. The van der Waals surface area contributed by atoms with Gasteiger partial charge in [0.1, 0.15) is 5.75 Å². The first-order valence-electron chi connectivity index (χ1n) is 6.33. The molecule has 0 saturated heterocycles. The van der Waals surface area contributed by atoms with E-state index in [0.717, 1.165) is 5.56 Å². The van der Waals surface area contributed by atoms with Crippen LogP contribution < -0.4 is 4.74 Å². The number of carbonyl (C=O) groups excluding carboxylic acids is 1. The molecule has 0 heterocycles. The van der Waals surface area contributed by atoms with E-state index in [4.69, 9.17) is 9.84 Å². The highest BCUT2D eigenvalue weighted by molar-refractivity contribution is 5.70. The van der Waals surface area contributed by atoms with Crippen molar-refractivity contribution < 1.29 is 14.6 Å². The van der Waals surface area contributed by atoms with E-state index in [1.807, 2.05) is 39.1 Å². The molecule has 0 aliphatic rings. The molecular weight excluding hydrogens is 244 g/mol. The van der Waals surface area contributed by atoms with Gasteiger partial charge in [0.15, 0.2) is 0 Å². The lowest BCUT2D eigenvalue weighted by atomic mass is 10.1. The molecule has 1 amide bonds. The van der Waals surface area contributed by atoms with E-state index in [9.17, 15) is 4.79 Å². The van der Waals surface area contributed by atoms with Crippen LogP contribution in [0.2, 0.25) is 0 Å². The molecule has 1 N–H and O–H groups in total. The van der Waals surface area contributed by atoms with Gasteiger partial charge in [0.05, 0.1) is 6.73 Å². The predicted molar refractivity (Wildman–Crippen MR) is 74.0 cm³/mol. The average Bonchev–Trinajstić information content (AvgIpc) is 2.44. The summed E-state index contributed by atoms with van der Waals surface area (Å²) >= 11 is 0. The number of ether oxygens (including phenoxy) is 1. The second-order valence-electron chi connectivity index (χ2n) is 4.53. The number of aliphatic hydroxyl groups excluding tert-OH is 1. The van der Waals surface area contributed by atoms with Gasteiger partial charge in [-0.2, -0.15) is 0 Å². The normalized spacial score (nSPS) is 12.3. The summed E-state index contributed by atoms with van der Waals surface area (Å²) in [6.07, 6.45) is -0.372. The van der Waals surface area contributed by atoms with Gasteiger partial charge >= 0.3 is 6.09 Å². The molecule has 0 bridgehead atoms. The highest BCUT2D eigenvalue weighted by Gasteiger charge is 2.13. The van der Waals surface area contributed by atoms with Gasteiger partial charge in [-0.15, -0.1) is 0 Å². The van der Waals surface area contributed by atoms with Crippen molar-refractivity contribution >= 4 is 6.09 Å². The standard InChI is InChI=1S/C14H22N2O3/c1-5-15(3)14(18)19-13-8-6-7-12(9-13)11(2)16(4)10-17/h6-9,11,17H,5,10H2,1-4H3. The first kappa shape index (κ1) is 15.5. The third-order valence-corrected chi connectivity index (χ3v) is 3.22. The minimum Gasteiger partial charge on any atom is -0.410 e. The zero-order valence-corrected chi connectivity index (χ0v) is 12.0. The number of benzene rings is 1. The molecule has 0 radical (unpaired) electrons. The maximum absolute atomic E-state index is 11.7. The Morgan fingerprint density at radius 2 is 2.11 bits per heavy atom. The number of carbonyl (C=O) groups is 1. The van der Waals surface area contributed by atoms with E-state index in [1.54, 1.807) is 18.0 Å². The Kier molecular flexibility index (Phi) is 5.79. The summed E-state index contributed by atoms with van der Waals surface area (Å²) in [5.74, 6) is 0.515. The van der Waals surface area contributed by atoms with Crippen molar-refractivity contribution in [3.8, 4) is 5.75 Å². The van der Waals surface area contributed by atoms with Crippen molar-refractivity contribution in [2.24, 2.45) is 0 Å². The molecule has 1 unspecified atom stereocenters. The summed E-state index contributed by atoms with van der Waals surface area (Å²) in [4.78, 5) is 15.0. The fourth-order valence-electron chi connectivity index (χ4n) is 1.52. The zero-order chi connectivity index (χ0) is 14.4. The second-order valence-corrected chi connectivity index (χ2v) is 4.53. The molecule has 0 aromatic heterocycles. The maximum Gasteiger partial charge on any atom is 0.414 e. The minimum absolute atomic E-state index is 0.0241. The Bertz CT molecular complexity index is 423. The smallest absolute Gasteiger partial charge is 0.410 e. The molecule has 0 fully saturated rings. The van der Waals surface area contributed by atoms with E-state index in [1.165, 1.54) is 4.90 Å². The Labute approximate surface area is 114 Å². The van der Waals surface area contributed by atoms with Gasteiger partial charge in [0.25, 0.3) is 0 Å². The van der Waals surface area contributed by atoms with Gasteiger partial charge in [0.2, 0.25) is 0 Å². The van der Waals surface area contributed by atoms with Crippen LogP contribution in [0.3, 0.4) is 0 Å². The first-order valence-corrected chi connectivity index (χ1v) is 6.33. The van der Waals surface area contributed by atoms with Crippen LogP contribution in [-0.2, 0) is 0 Å². The van der Waals surface area contributed by atoms with Crippen LogP contribution in [0.25, 0.3) is 0 Å². The van der Waals surface area contributed by atoms with Crippen molar-refractivity contribution in [1.82, 2.24) is 9.80 Å². The van der Waals surface area contributed by atoms with Crippen LogP contribution in [0.5, 0.6) is 5.75 Å². The summed E-state index contributed by atoms with van der Waals surface area (Å²) in [6.45, 7) is 4.44. The molecule has 5 nitrogen and oxygen atoms in total. The largest absolute Gasteiger partial charge is 0.414 e. The second kappa shape index (κ2) is 7.11. The molecule has 1 atom stereocenters. The van der Waals surface area contributed by atoms with E-state index in [0.29, 0.717) is 12.3 Å². The number of hydrogen-bond acceptors (Lipinski definition) is 4. The summed E-state index contributed by atoms with van der Waals surface area (Å²) in [5, 5.41) is 9.12. The molecule has 0 aliphatic heterocycles. The van der Waals surface area contributed by atoms with Gasteiger partial charge in [-0.05, 0) is 38.6 Å². The quantitative estimate of drug-likeness (QED) is 0.829. The number of amides is 1. The molecule has 19 heavy (non-hydrogen) atoms. The fourth-order valence-corrected chi connectivity index (χ4v) is 1.52. The van der Waals surface area contributed by atoms with E-state index in [-0.39, 0.29) is 18.9 Å². The van der Waals surface area contributed by atoms with E-state index < -0.39 is 0 Å². The molecule has 106 valence electrons. The van der Waals surface area contributed by atoms with Crippen LogP contribution in [0.15, 0.2) is 24.3 Å². The molecule has 1 aromatic carbocycles. The summed E-state index contributed by atoms with van der Waals surface area (Å²) in [5.41, 5.74) is 0.987. The third-order valence-electron chi connectivity index (χ3n) is 3.22. The molecule has 0 aliphatic carbocycles. The van der Waals surface area contributed by atoms with Gasteiger partial charge in [0, 0.05) is 19.6 Å². The van der Waals surface area contributed by atoms with Crippen LogP contribution in [0.4, 0.5) is 4.79 Å². The van der Waals surface area contributed by atoms with E-state index in [2.05, 4.69) is 0 Å².